The summed E-state index contributed by atoms with van der Waals surface area (Å²) in [5.74, 6) is 1.27. The highest BCUT2D eigenvalue weighted by atomic mass is 16.2. The largest absolute Gasteiger partial charge is 0.372 e. The van der Waals surface area contributed by atoms with Crippen LogP contribution in [-0.2, 0) is 9.59 Å². The molecule has 5 nitrogen and oxygen atoms in total. The van der Waals surface area contributed by atoms with Crippen LogP contribution in [-0.4, -0.2) is 38.0 Å². The van der Waals surface area contributed by atoms with Crippen molar-refractivity contribution >= 4 is 17.5 Å². The number of carbonyl (C=O) groups excluding carboxylic acids is 2. The summed E-state index contributed by atoms with van der Waals surface area (Å²) in [5, 5.41) is 5.94. The van der Waals surface area contributed by atoms with Gasteiger partial charge < -0.3 is 10.2 Å². The van der Waals surface area contributed by atoms with Gasteiger partial charge >= 0.3 is 0 Å². The molecule has 1 aromatic rings. The summed E-state index contributed by atoms with van der Waals surface area (Å²) < 4.78 is 0. The Labute approximate surface area is 155 Å². The lowest BCUT2D eigenvalue weighted by Crippen LogP contribution is -2.40. The molecular formula is C21H29N3O2. The fourth-order valence-corrected chi connectivity index (χ4v) is 4.89. The van der Waals surface area contributed by atoms with E-state index in [2.05, 4.69) is 27.7 Å². The number of nitrogens with zero attached hydrogens (tertiary/aromatic N) is 1. The Hall–Kier alpha value is -1.88. The number of imide groups is 1. The second kappa shape index (κ2) is 7.78. The summed E-state index contributed by atoms with van der Waals surface area (Å²) in [6, 6.07) is 8.38. The van der Waals surface area contributed by atoms with Crippen molar-refractivity contribution in [1.82, 2.24) is 10.6 Å². The molecule has 4 rings (SSSR count). The minimum Gasteiger partial charge on any atom is -0.372 e. The first-order valence-corrected chi connectivity index (χ1v) is 10.1. The van der Waals surface area contributed by atoms with E-state index >= 15 is 0 Å². The maximum atomic E-state index is 12.2. The van der Waals surface area contributed by atoms with Gasteiger partial charge in [-0.05, 0) is 74.7 Å². The van der Waals surface area contributed by atoms with Crippen molar-refractivity contribution in [1.29, 1.82) is 0 Å². The van der Waals surface area contributed by atoms with Gasteiger partial charge in [0.1, 0.15) is 0 Å². The van der Waals surface area contributed by atoms with Gasteiger partial charge in [-0.25, -0.2) is 0 Å². The quantitative estimate of drug-likeness (QED) is 0.818. The van der Waals surface area contributed by atoms with Crippen LogP contribution in [0.5, 0.6) is 0 Å². The number of carbonyl (C=O) groups is 2. The Morgan fingerprint density at radius 3 is 2.38 bits per heavy atom. The zero-order chi connectivity index (χ0) is 17.9. The standard InChI is InChI=1S/C21H29N3O2/c25-20-5-4-19(21(26)23-20)17-2-1-3-18(14-17)24-12-8-16(9-13-24)15-6-10-22-11-7-15/h1-3,14-16,19,22H,4-13H2,(H,23,25,26). The topological polar surface area (TPSA) is 61.4 Å². The van der Waals surface area contributed by atoms with Gasteiger partial charge in [0.25, 0.3) is 0 Å². The molecule has 0 saturated carbocycles. The lowest BCUT2D eigenvalue weighted by molar-refractivity contribution is -0.134. The second-order valence-electron chi connectivity index (χ2n) is 8.01. The Bertz CT molecular complexity index is 661. The maximum Gasteiger partial charge on any atom is 0.234 e. The molecule has 0 aromatic heterocycles. The monoisotopic (exact) mass is 355 g/mol. The van der Waals surface area contributed by atoms with E-state index in [0.717, 1.165) is 30.5 Å². The molecule has 0 bridgehead atoms. The zero-order valence-corrected chi connectivity index (χ0v) is 15.4. The summed E-state index contributed by atoms with van der Waals surface area (Å²) >= 11 is 0. The molecule has 0 radical (unpaired) electrons. The summed E-state index contributed by atoms with van der Waals surface area (Å²) in [6.07, 6.45) is 6.25. The van der Waals surface area contributed by atoms with Crippen LogP contribution in [0.3, 0.4) is 0 Å². The highest BCUT2D eigenvalue weighted by Gasteiger charge is 2.30. The molecule has 5 heteroatoms. The predicted molar refractivity (Wildman–Crippen MR) is 102 cm³/mol. The Morgan fingerprint density at radius 1 is 0.923 bits per heavy atom. The summed E-state index contributed by atoms with van der Waals surface area (Å²) in [6.45, 7) is 4.57. The lowest BCUT2D eigenvalue weighted by atomic mass is 9.79. The number of piperidine rings is 3. The molecule has 2 amide bonds. The maximum absolute atomic E-state index is 12.2. The fraction of sp³-hybridized carbons (Fsp3) is 0.619. The number of hydrogen-bond acceptors (Lipinski definition) is 4. The molecule has 3 saturated heterocycles. The first-order chi connectivity index (χ1) is 12.7. The van der Waals surface area contributed by atoms with E-state index in [1.54, 1.807) is 0 Å². The molecule has 0 spiro atoms. The van der Waals surface area contributed by atoms with Crippen molar-refractivity contribution in [2.45, 2.75) is 44.4 Å². The van der Waals surface area contributed by atoms with Gasteiger partial charge in [-0.1, -0.05) is 12.1 Å². The van der Waals surface area contributed by atoms with Crippen LogP contribution in [0, 0.1) is 11.8 Å². The van der Waals surface area contributed by atoms with Gasteiger partial charge in [-0.2, -0.15) is 0 Å². The molecule has 1 unspecified atom stereocenters. The number of nitrogens with one attached hydrogen (secondary N) is 2. The Kier molecular flexibility index (Phi) is 5.25. The van der Waals surface area contributed by atoms with Crippen LogP contribution in [0.25, 0.3) is 0 Å². The molecule has 1 aromatic carbocycles. The van der Waals surface area contributed by atoms with Gasteiger partial charge in [0, 0.05) is 25.2 Å². The van der Waals surface area contributed by atoms with E-state index in [-0.39, 0.29) is 17.7 Å². The molecule has 1 atom stereocenters. The molecule has 26 heavy (non-hydrogen) atoms. The van der Waals surface area contributed by atoms with Gasteiger partial charge in [0.05, 0.1) is 5.92 Å². The van der Waals surface area contributed by atoms with E-state index < -0.39 is 0 Å². The zero-order valence-electron chi connectivity index (χ0n) is 15.4. The Balaban J connectivity index is 1.39. The van der Waals surface area contributed by atoms with E-state index in [4.69, 9.17) is 0 Å². The molecular weight excluding hydrogens is 326 g/mol. The molecule has 3 aliphatic heterocycles. The summed E-state index contributed by atoms with van der Waals surface area (Å²) in [4.78, 5) is 26.0. The smallest absolute Gasteiger partial charge is 0.234 e. The average molecular weight is 355 g/mol. The summed E-state index contributed by atoms with van der Waals surface area (Å²) in [5.41, 5.74) is 2.25. The van der Waals surface area contributed by atoms with Crippen molar-refractivity contribution in [2.24, 2.45) is 11.8 Å². The molecule has 3 aliphatic rings. The van der Waals surface area contributed by atoms with E-state index in [1.165, 1.54) is 44.5 Å². The van der Waals surface area contributed by atoms with Crippen LogP contribution in [0.2, 0.25) is 0 Å². The van der Waals surface area contributed by atoms with Crippen LogP contribution in [0.1, 0.15) is 50.0 Å². The molecule has 0 aliphatic carbocycles. The number of rotatable bonds is 3. The second-order valence-corrected chi connectivity index (χ2v) is 8.01. The third-order valence-corrected chi connectivity index (χ3v) is 6.47. The van der Waals surface area contributed by atoms with Gasteiger partial charge in [-0.15, -0.1) is 0 Å². The van der Waals surface area contributed by atoms with Gasteiger partial charge in [-0.3, -0.25) is 14.9 Å². The normalized spacial score (nSPS) is 26.0. The van der Waals surface area contributed by atoms with Crippen LogP contribution < -0.4 is 15.5 Å². The summed E-state index contributed by atoms with van der Waals surface area (Å²) in [7, 11) is 0. The predicted octanol–water partition coefficient (Wildman–Crippen LogP) is 2.42. The number of amides is 2. The fourth-order valence-electron chi connectivity index (χ4n) is 4.89. The van der Waals surface area contributed by atoms with E-state index in [1.807, 2.05) is 12.1 Å². The van der Waals surface area contributed by atoms with E-state index in [0.29, 0.717) is 12.8 Å². The van der Waals surface area contributed by atoms with Crippen molar-refractivity contribution in [2.75, 3.05) is 31.1 Å². The van der Waals surface area contributed by atoms with E-state index in [9.17, 15) is 9.59 Å². The number of hydrogen-bond donors (Lipinski definition) is 2. The minimum absolute atomic E-state index is 0.150. The van der Waals surface area contributed by atoms with Crippen molar-refractivity contribution in [3.8, 4) is 0 Å². The van der Waals surface area contributed by atoms with Crippen LogP contribution in [0.4, 0.5) is 5.69 Å². The van der Waals surface area contributed by atoms with Crippen molar-refractivity contribution in [3.63, 3.8) is 0 Å². The first-order valence-electron chi connectivity index (χ1n) is 10.1. The minimum atomic E-state index is -0.195. The third kappa shape index (κ3) is 3.78. The van der Waals surface area contributed by atoms with Crippen molar-refractivity contribution in [3.05, 3.63) is 29.8 Å². The van der Waals surface area contributed by atoms with Crippen LogP contribution >= 0.6 is 0 Å². The first kappa shape index (κ1) is 17.5. The van der Waals surface area contributed by atoms with Crippen molar-refractivity contribution < 1.29 is 9.59 Å². The molecule has 3 heterocycles. The van der Waals surface area contributed by atoms with Crippen LogP contribution in [0.15, 0.2) is 24.3 Å². The molecule has 2 N–H and O–H groups in total. The SMILES string of the molecule is O=C1CCC(c2cccc(N3CCC(C4CCNCC4)CC3)c2)C(=O)N1. The number of benzene rings is 1. The molecule has 140 valence electrons. The van der Waals surface area contributed by atoms with Gasteiger partial charge in [0.15, 0.2) is 0 Å². The van der Waals surface area contributed by atoms with Gasteiger partial charge in [0.2, 0.25) is 11.8 Å². The number of anilines is 1. The Morgan fingerprint density at radius 2 is 1.65 bits per heavy atom. The highest BCUT2D eigenvalue weighted by molar-refractivity contribution is 6.01. The third-order valence-electron chi connectivity index (χ3n) is 6.47. The highest BCUT2D eigenvalue weighted by Crippen LogP contribution is 2.34. The average Bonchev–Trinajstić information content (AvgIpc) is 2.69. The lowest BCUT2D eigenvalue weighted by Gasteiger charge is -2.39. The molecule has 3 fully saturated rings.